The highest BCUT2D eigenvalue weighted by Crippen LogP contribution is 2.41. The number of aromatic nitrogens is 1. The number of rotatable bonds is 7. The zero-order chi connectivity index (χ0) is 21.0. The molecule has 0 bridgehead atoms. The van der Waals surface area contributed by atoms with Gasteiger partial charge in [-0.1, -0.05) is 25.1 Å². The fourth-order valence-corrected chi connectivity index (χ4v) is 3.29. The molecule has 0 radical (unpaired) electrons. The maximum Gasteiger partial charge on any atom is 0.279 e. The molecule has 1 heterocycles. The lowest BCUT2D eigenvalue weighted by Gasteiger charge is -2.23. The number of nitrogens with zero attached hydrogens (tertiary/aromatic N) is 2. The van der Waals surface area contributed by atoms with E-state index in [1.165, 1.54) is 25.4 Å². The number of nitro groups is 1. The third kappa shape index (κ3) is 3.96. The van der Waals surface area contributed by atoms with Crippen molar-refractivity contribution < 1.29 is 19.6 Å². The van der Waals surface area contributed by atoms with Gasteiger partial charge in [0.15, 0.2) is 0 Å². The Labute approximate surface area is 167 Å². The number of fused-ring (bicyclic) bond motifs is 1. The van der Waals surface area contributed by atoms with E-state index in [0.29, 0.717) is 17.7 Å². The number of methoxy groups -OCH3 is 1. The number of aromatic hydroxyl groups is 1. The minimum atomic E-state index is -0.852. The Hall–Kier alpha value is -3.68. The summed E-state index contributed by atoms with van der Waals surface area (Å²) in [6.45, 7) is 1.87. The van der Waals surface area contributed by atoms with Gasteiger partial charge in [0.2, 0.25) is 5.91 Å². The molecule has 1 atom stereocenters. The number of carbonyl (C=O) groups is 1. The normalized spacial score (nSPS) is 11.8. The molecule has 0 aliphatic heterocycles. The number of para-hydroxylation sites is 1. The molecule has 3 rings (SSSR count). The third-order valence-electron chi connectivity index (χ3n) is 4.61. The van der Waals surface area contributed by atoms with Gasteiger partial charge in [0.05, 0.1) is 23.5 Å². The lowest BCUT2D eigenvalue weighted by Crippen LogP contribution is -2.29. The number of pyridine rings is 1. The zero-order valence-corrected chi connectivity index (χ0v) is 16.1. The molecule has 3 aromatic rings. The van der Waals surface area contributed by atoms with Crippen molar-refractivity contribution in [3.8, 4) is 11.5 Å². The second-order valence-electron chi connectivity index (χ2n) is 6.48. The highest BCUT2D eigenvalue weighted by molar-refractivity contribution is 5.94. The van der Waals surface area contributed by atoms with Crippen LogP contribution in [0, 0.1) is 10.1 Å². The van der Waals surface area contributed by atoms with Crippen molar-refractivity contribution in [3.05, 3.63) is 69.9 Å². The minimum absolute atomic E-state index is 0.0985. The highest BCUT2D eigenvalue weighted by Gasteiger charge is 2.28. The highest BCUT2D eigenvalue weighted by atomic mass is 16.6. The lowest BCUT2D eigenvalue weighted by molar-refractivity contribution is -0.383. The van der Waals surface area contributed by atoms with Gasteiger partial charge in [-0.2, -0.15) is 0 Å². The number of phenolic OH excluding ortho intramolecular Hbond substituents is 1. The number of hydrogen-bond donors (Lipinski definition) is 2. The van der Waals surface area contributed by atoms with Crippen molar-refractivity contribution in [1.29, 1.82) is 0 Å². The van der Waals surface area contributed by atoms with Crippen LogP contribution in [0.15, 0.2) is 48.7 Å². The van der Waals surface area contributed by atoms with Gasteiger partial charge in [-0.25, -0.2) is 0 Å². The van der Waals surface area contributed by atoms with Gasteiger partial charge in [0, 0.05) is 29.8 Å². The van der Waals surface area contributed by atoms with Crippen molar-refractivity contribution in [2.75, 3.05) is 7.11 Å². The fraction of sp³-hybridized carbons (Fsp3) is 0.238. The molecule has 8 nitrogen and oxygen atoms in total. The molecule has 1 aromatic heterocycles. The van der Waals surface area contributed by atoms with Crippen LogP contribution in [0.1, 0.15) is 36.9 Å². The number of nitro benzene ring substituents is 1. The van der Waals surface area contributed by atoms with Crippen LogP contribution >= 0.6 is 0 Å². The number of non-ortho nitro benzene ring substituents is 1. The smallest absolute Gasteiger partial charge is 0.279 e. The topological polar surface area (TPSA) is 115 Å². The predicted octanol–water partition coefficient (Wildman–Crippen LogP) is 3.86. The Bertz CT molecular complexity index is 1070. The standard InChI is InChI=1S/C21H21N3O5/c1-3-7-18(25)23-19(14-8-4-5-10-17(14)29-2)15-12-16(24(27)28)13-9-6-11-22-20(13)21(15)26/h4-6,8-12,19,26H,3,7H2,1-2H3,(H,23,25). The summed E-state index contributed by atoms with van der Waals surface area (Å²) in [7, 11) is 1.49. The molecule has 2 aromatic carbocycles. The first-order valence-electron chi connectivity index (χ1n) is 9.15. The Morgan fingerprint density at radius 3 is 2.72 bits per heavy atom. The average molecular weight is 395 g/mol. The number of hydrogen-bond acceptors (Lipinski definition) is 6. The van der Waals surface area contributed by atoms with Gasteiger partial charge in [-0.15, -0.1) is 0 Å². The summed E-state index contributed by atoms with van der Waals surface area (Å²) in [6.07, 6.45) is 2.36. The predicted molar refractivity (Wildman–Crippen MR) is 108 cm³/mol. The van der Waals surface area contributed by atoms with Gasteiger partial charge in [0.25, 0.3) is 5.69 Å². The van der Waals surface area contributed by atoms with Crippen LogP contribution in [0.4, 0.5) is 5.69 Å². The molecule has 2 N–H and O–H groups in total. The van der Waals surface area contributed by atoms with E-state index < -0.39 is 11.0 Å². The number of benzene rings is 2. The van der Waals surface area contributed by atoms with E-state index >= 15 is 0 Å². The first-order valence-corrected chi connectivity index (χ1v) is 9.15. The van der Waals surface area contributed by atoms with Crippen LogP contribution in [0.3, 0.4) is 0 Å². The van der Waals surface area contributed by atoms with Crippen LogP contribution in [0.25, 0.3) is 10.9 Å². The molecule has 0 saturated heterocycles. The number of carbonyl (C=O) groups excluding carboxylic acids is 1. The van der Waals surface area contributed by atoms with E-state index in [0.717, 1.165) is 0 Å². The van der Waals surface area contributed by atoms with E-state index in [-0.39, 0.29) is 40.2 Å². The number of amides is 1. The van der Waals surface area contributed by atoms with Crippen molar-refractivity contribution in [1.82, 2.24) is 10.3 Å². The van der Waals surface area contributed by atoms with Crippen LogP contribution < -0.4 is 10.1 Å². The largest absolute Gasteiger partial charge is 0.505 e. The first kappa shape index (κ1) is 20.1. The van der Waals surface area contributed by atoms with E-state index in [1.54, 1.807) is 30.3 Å². The van der Waals surface area contributed by atoms with Gasteiger partial charge >= 0.3 is 0 Å². The number of nitrogens with one attached hydrogen (secondary N) is 1. The summed E-state index contributed by atoms with van der Waals surface area (Å²) in [4.78, 5) is 27.7. The lowest BCUT2D eigenvalue weighted by atomic mass is 9.94. The molecular formula is C21H21N3O5. The van der Waals surface area contributed by atoms with Crippen LogP contribution in [-0.4, -0.2) is 28.0 Å². The summed E-state index contributed by atoms with van der Waals surface area (Å²) in [5.74, 6) is 0.0166. The van der Waals surface area contributed by atoms with Gasteiger partial charge < -0.3 is 15.2 Å². The molecule has 0 spiro atoms. The first-order chi connectivity index (χ1) is 14.0. The summed E-state index contributed by atoms with van der Waals surface area (Å²) in [5.41, 5.74) is 0.642. The molecule has 150 valence electrons. The Morgan fingerprint density at radius 1 is 1.28 bits per heavy atom. The summed E-state index contributed by atoms with van der Waals surface area (Å²) >= 11 is 0. The Kier molecular flexibility index (Phi) is 5.92. The second kappa shape index (κ2) is 8.55. The zero-order valence-electron chi connectivity index (χ0n) is 16.1. The second-order valence-corrected chi connectivity index (χ2v) is 6.48. The van der Waals surface area contributed by atoms with Crippen molar-refractivity contribution >= 4 is 22.5 Å². The van der Waals surface area contributed by atoms with Gasteiger partial charge in [-0.05, 0) is 24.6 Å². The number of ether oxygens (including phenoxy) is 1. The maximum atomic E-state index is 12.4. The molecule has 0 saturated carbocycles. The molecule has 0 aliphatic rings. The van der Waals surface area contributed by atoms with Crippen LogP contribution in [0.2, 0.25) is 0 Å². The van der Waals surface area contributed by atoms with Crippen molar-refractivity contribution in [2.24, 2.45) is 0 Å². The Balaban J connectivity index is 2.27. The van der Waals surface area contributed by atoms with Crippen LogP contribution in [-0.2, 0) is 4.79 Å². The molecule has 8 heteroatoms. The van der Waals surface area contributed by atoms with E-state index in [9.17, 15) is 20.0 Å². The molecule has 0 aliphatic carbocycles. The minimum Gasteiger partial charge on any atom is -0.505 e. The molecule has 1 amide bonds. The average Bonchev–Trinajstić information content (AvgIpc) is 2.73. The van der Waals surface area contributed by atoms with Gasteiger partial charge in [-0.3, -0.25) is 19.9 Å². The Morgan fingerprint density at radius 2 is 2.03 bits per heavy atom. The van der Waals surface area contributed by atoms with Crippen LogP contribution in [0.5, 0.6) is 11.5 Å². The molecule has 1 unspecified atom stereocenters. The van der Waals surface area contributed by atoms with Gasteiger partial charge in [0.1, 0.15) is 17.0 Å². The molecular weight excluding hydrogens is 374 g/mol. The quantitative estimate of drug-likeness (QED) is 0.464. The number of phenols is 1. The maximum absolute atomic E-state index is 12.4. The molecule has 0 fully saturated rings. The van der Waals surface area contributed by atoms with E-state index in [2.05, 4.69) is 10.3 Å². The molecule has 29 heavy (non-hydrogen) atoms. The summed E-state index contributed by atoms with van der Waals surface area (Å²) < 4.78 is 5.41. The van der Waals surface area contributed by atoms with E-state index in [1.807, 2.05) is 6.92 Å². The van der Waals surface area contributed by atoms with E-state index in [4.69, 9.17) is 4.74 Å². The SMILES string of the molecule is CCCC(=O)NC(c1ccccc1OC)c1cc([N+](=O)[O-])c2cccnc2c1O. The fourth-order valence-electron chi connectivity index (χ4n) is 3.29. The van der Waals surface area contributed by atoms with Crippen molar-refractivity contribution in [3.63, 3.8) is 0 Å². The summed E-state index contributed by atoms with van der Waals surface area (Å²) in [5, 5.41) is 25.7. The summed E-state index contributed by atoms with van der Waals surface area (Å²) in [6, 6.07) is 10.5. The van der Waals surface area contributed by atoms with Crippen molar-refractivity contribution in [2.45, 2.75) is 25.8 Å². The third-order valence-corrected chi connectivity index (χ3v) is 4.61. The monoisotopic (exact) mass is 395 g/mol.